The average molecular weight is 616 g/mol. The van der Waals surface area contributed by atoms with E-state index in [2.05, 4.69) is 41.4 Å². The van der Waals surface area contributed by atoms with Gasteiger partial charge in [0.2, 0.25) is 0 Å². The number of carbonyl (C=O) groups is 3. The highest BCUT2D eigenvalue weighted by atomic mass is 79.9. The van der Waals surface area contributed by atoms with Gasteiger partial charge in [-0.1, -0.05) is 0 Å². The van der Waals surface area contributed by atoms with E-state index in [0.717, 1.165) is 18.5 Å². The van der Waals surface area contributed by atoms with E-state index in [1.807, 2.05) is 20.8 Å². The Morgan fingerprint density at radius 2 is 1.80 bits per heavy atom. The maximum absolute atomic E-state index is 13.2. The molecule has 1 aliphatic heterocycles. The summed E-state index contributed by atoms with van der Waals surface area (Å²) >= 11 is 3.64. The highest BCUT2D eigenvalue weighted by molar-refractivity contribution is 9.10. The number of aromatic nitrogens is 3. The molecule has 11 nitrogen and oxygen atoms in total. The van der Waals surface area contributed by atoms with Gasteiger partial charge in [0.25, 0.3) is 5.91 Å². The molecule has 0 saturated carbocycles. The Balaban J connectivity index is 1.75. The third-order valence-electron chi connectivity index (χ3n) is 5.96. The van der Waals surface area contributed by atoms with Gasteiger partial charge in [-0.25, -0.2) is 19.1 Å². The topological polar surface area (TPSA) is 128 Å². The fourth-order valence-electron chi connectivity index (χ4n) is 4.47. The summed E-state index contributed by atoms with van der Waals surface area (Å²) in [6.45, 7) is 12.0. The van der Waals surface area contributed by atoms with E-state index in [-0.39, 0.29) is 11.9 Å². The molecule has 1 fully saturated rings. The van der Waals surface area contributed by atoms with E-state index >= 15 is 0 Å². The van der Waals surface area contributed by atoms with Crippen LogP contribution in [0.1, 0.15) is 64.7 Å². The number of hydrogen-bond donors (Lipinski definition) is 2. The molecule has 3 aromatic heterocycles. The smallest absolute Gasteiger partial charge is 0.420 e. The molecule has 0 aromatic carbocycles. The highest BCUT2D eigenvalue weighted by Crippen LogP contribution is 2.40. The zero-order valence-electron chi connectivity index (χ0n) is 23.6. The van der Waals surface area contributed by atoms with E-state index in [4.69, 9.17) is 9.47 Å². The van der Waals surface area contributed by atoms with Crippen molar-refractivity contribution in [3.8, 4) is 0 Å². The number of rotatable bonds is 4. The molecule has 4 rings (SSSR count). The summed E-state index contributed by atoms with van der Waals surface area (Å²) in [5, 5.41) is 6.47. The van der Waals surface area contributed by atoms with Crippen LogP contribution >= 0.6 is 15.9 Å². The van der Waals surface area contributed by atoms with Crippen molar-refractivity contribution < 1.29 is 23.9 Å². The first-order valence-electron chi connectivity index (χ1n) is 13.1. The van der Waals surface area contributed by atoms with Crippen LogP contribution in [0.3, 0.4) is 0 Å². The quantitative estimate of drug-likeness (QED) is 0.382. The van der Waals surface area contributed by atoms with Crippen molar-refractivity contribution in [2.24, 2.45) is 0 Å². The van der Waals surface area contributed by atoms with Gasteiger partial charge in [-0.05, 0) is 82.4 Å². The van der Waals surface area contributed by atoms with Crippen molar-refractivity contribution in [1.29, 1.82) is 0 Å². The first kappa shape index (κ1) is 29.3. The molecule has 2 amide bonds. The maximum atomic E-state index is 13.2. The number of anilines is 2. The molecule has 1 unspecified atom stereocenters. The van der Waals surface area contributed by atoms with Gasteiger partial charge >= 0.3 is 12.2 Å². The normalized spacial score (nSPS) is 16.0. The Morgan fingerprint density at radius 1 is 1.07 bits per heavy atom. The van der Waals surface area contributed by atoms with Gasteiger partial charge in [0.05, 0.1) is 26.8 Å². The van der Waals surface area contributed by atoms with Crippen LogP contribution in [0.4, 0.5) is 21.0 Å². The van der Waals surface area contributed by atoms with Crippen LogP contribution in [-0.4, -0.2) is 63.0 Å². The van der Waals surface area contributed by atoms with Crippen LogP contribution in [-0.2, 0) is 9.47 Å². The number of alkyl carbamates (subject to hydrolysis) is 1. The molecule has 12 heteroatoms. The van der Waals surface area contributed by atoms with E-state index in [1.165, 1.54) is 17.0 Å². The predicted octanol–water partition coefficient (Wildman–Crippen LogP) is 5.72. The summed E-state index contributed by atoms with van der Waals surface area (Å²) in [7, 11) is 0. The predicted molar refractivity (Wildman–Crippen MR) is 156 cm³/mol. The van der Waals surface area contributed by atoms with Crippen molar-refractivity contribution in [1.82, 2.24) is 19.9 Å². The Labute approximate surface area is 241 Å². The maximum Gasteiger partial charge on any atom is 0.420 e. The highest BCUT2D eigenvalue weighted by Gasteiger charge is 2.30. The van der Waals surface area contributed by atoms with Crippen LogP contribution in [0.25, 0.3) is 11.0 Å². The number of nitrogens with zero attached hydrogens (tertiary/aromatic N) is 4. The van der Waals surface area contributed by atoms with Gasteiger partial charge in [0.1, 0.15) is 11.2 Å². The molecule has 0 radical (unpaired) electrons. The van der Waals surface area contributed by atoms with Crippen LogP contribution < -0.4 is 15.5 Å². The van der Waals surface area contributed by atoms with Crippen LogP contribution in [0, 0.1) is 0 Å². The number of halogens is 1. The first-order valence-corrected chi connectivity index (χ1v) is 13.9. The largest absolute Gasteiger partial charge is 0.444 e. The monoisotopic (exact) mass is 614 g/mol. The van der Waals surface area contributed by atoms with Gasteiger partial charge < -0.3 is 25.0 Å². The Bertz CT molecular complexity index is 1410. The second-order valence-corrected chi connectivity index (χ2v) is 12.5. The lowest BCUT2D eigenvalue weighted by molar-refractivity contribution is 0.0497. The lowest BCUT2D eigenvalue weighted by atomic mass is 10.0. The standard InChI is InChI=1S/C28H35BrN6O5/c1-27(2,3)39-25(37)32-18-10-8-12-34(15-18)22-19(29)14-31-23-21(22)20(16-35(23)26(38)40-28(4,5)6)33-24(36)17-9-7-11-30-13-17/h7,9,11,13-14,16,18H,8,10,12,15H2,1-6H3,(H,32,37)(H,33,36). The number of amides is 2. The minimum atomic E-state index is -0.738. The fraction of sp³-hybridized carbons (Fsp3) is 0.464. The molecule has 214 valence electrons. The Morgan fingerprint density at radius 3 is 2.45 bits per heavy atom. The van der Waals surface area contributed by atoms with E-state index in [9.17, 15) is 14.4 Å². The van der Waals surface area contributed by atoms with Crippen molar-refractivity contribution >= 4 is 56.4 Å². The van der Waals surface area contributed by atoms with Crippen molar-refractivity contribution in [3.63, 3.8) is 0 Å². The minimum Gasteiger partial charge on any atom is -0.444 e. The van der Waals surface area contributed by atoms with Crippen LogP contribution in [0.5, 0.6) is 0 Å². The number of piperidine rings is 1. The van der Waals surface area contributed by atoms with Gasteiger partial charge in [-0.3, -0.25) is 9.78 Å². The van der Waals surface area contributed by atoms with Crippen molar-refractivity contribution in [3.05, 3.63) is 47.0 Å². The average Bonchev–Trinajstić information content (AvgIpc) is 3.20. The van der Waals surface area contributed by atoms with Gasteiger partial charge in [0, 0.05) is 43.9 Å². The molecular formula is C28H35BrN6O5. The molecule has 1 saturated heterocycles. The van der Waals surface area contributed by atoms with E-state index < -0.39 is 23.4 Å². The second kappa shape index (κ2) is 11.4. The van der Waals surface area contributed by atoms with Gasteiger partial charge in [-0.15, -0.1) is 0 Å². The van der Waals surface area contributed by atoms with Crippen LogP contribution in [0.2, 0.25) is 0 Å². The first-order chi connectivity index (χ1) is 18.7. The number of fused-ring (bicyclic) bond motifs is 1. The number of pyridine rings is 2. The lowest BCUT2D eigenvalue weighted by Crippen LogP contribution is -2.49. The molecule has 1 atom stereocenters. The van der Waals surface area contributed by atoms with Gasteiger partial charge in [0.15, 0.2) is 5.65 Å². The SMILES string of the molecule is CC(C)(C)OC(=O)NC1CCCN(c2c(Br)cnc3c2c(NC(=O)c2cccnc2)cn3C(=O)OC(C)(C)C)C1. The summed E-state index contributed by atoms with van der Waals surface area (Å²) < 4.78 is 13.1. The molecule has 40 heavy (non-hydrogen) atoms. The summed E-state index contributed by atoms with van der Waals surface area (Å²) in [5.41, 5.74) is 0.481. The summed E-state index contributed by atoms with van der Waals surface area (Å²) in [4.78, 5) is 49.5. The van der Waals surface area contributed by atoms with Crippen molar-refractivity contribution in [2.45, 2.75) is 71.6 Å². The molecule has 1 aliphatic rings. The van der Waals surface area contributed by atoms with Crippen molar-refractivity contribution in [2.75, 3.05) is 23.3 Å². The number of nitrogens with one attached hydrogen (secondary N) is 2. The summed E-state index contributed by atoms with van der Waals surface area (Å²) in [5.74, 6) is -0.384. The molecular weight excluding hydrogens is 580 g/mol. The Kier molecular flexibility index (Phi) is 8.38. The molecule has 3 aromatic rings. The zero-order valence-corrected chi connectivity index (χ0v) is 25.2. The summed E-state index contributed by atoms with van der Waals surface area (Å²) in [6.07, 6.45) is 6.69. The van der Waals surface area contributed by atoms with E-state index in [0.29, 0.717) is 39.8 Å². The number of carbonyl (C=O) groups excluding carboxylic acids is 3. The third-order valence-corrected chi connectivity index (χ3v) is 6.54. The zero-order chi connectivity index (χ0) is 29.2. The number of hydrogen-bond acceptors (Lipinski definition) is 8. The molecule has 0 bridgehead atoms. The third kappa shape index (κ3) is 7.09. The Hall–Kier alpha value is -3.67. The molecule has 4 heterocycles. The minimum absolute atomic E-state index is 0.167. The lowest BCUT2D eigenvalue weighted by Gasteiger charge is -2.36. The van der Waals surface area contributed by atoms with E-state index in [1.54, 1.807) is 45.3 Å². The summed E-state index contributed by atoms with van der Waals surface area (Å²) in [6, 6.07) is 3.16. The van der Waals surface area contributed by atoms with Crippen LogP contribution in [0.15, 0.2) is 41.4 Å². The molecule has 0 spiro atoms. The second-order valence-electron chi connectivity index (χ2n) is 11.7. The molecule has 0 aliphatic carbocycles. The van der Waals surface area contributed by atoms with Gasteiger partial charge in [-0.2, -0.15) is 0 Å². The molecule has 2 N–H and O–H groups in total. The number of ether oxygens (including phenoxy) is 2. The fourth-order valence-corrected chi connectivity index (χ4v) is 5.02.